The molecule has 140 valence electrons. The highest BCUT2D eigenvalue weighted by molar-refractivity contribution is 7.89. The van der Waals surface area contributed by atoms with Gasteiger partial charge in [0.2, 0.25) is 15.9 Å². The van der Waals surface area contributed by atoms with Gasteiger partial charge in [-0.05, 0) is 44.0 Å². The van der Waals surface area contributed by atoms with Crippen molar-refractivity contribution in [2.45, 2.75) is 30.7 Å². The predicted octanol–water partition coefficient (Wildman–Crippen LogP) is 1.53. The summed E-state index contributed by atoms with van der Waals surface area (Å²) in [6.45, 7) is 2.14. The second kappa shape index (κ2) is 7.08. The average Bonchev–Trinajstić information content (AvgIpc) is 3.22. The summed E-state index contributed by atoms with van der Waals surface area (Å²) in [5.74, 6) is 0.773. The molecule has 3 rings (SSSR count). The summed E-state index contributed by atoms with van der Waals surface area (Å²) in [7, 11) is -0.517. The molecule has 0 radical (unpaired) electrons. The van der Waals surface area contributed by atoms with E-state index in [1.54, 1.807) is 29.9 Å². The SMILES string of the molecule is COc1ccc(S(=O)(=O)N2CCCC2C(=O)Nc2cc(C)nn2C)cc1. The Kier molecular flexibility index (Phi) is 5.01. The Morgan fingerprint density at radius 1 is 1.31 bits per heavy atom. The maximum atomic E-state index is 13.0. The fraction of sp³-hybridized carbons (Fsp3) is 0.412. The molecule has 26 heavy (non-hydrogen) atoms. The largest absolute Gasteiger partial charge is 0.497 e. The van der Waals surface area contributed by atoms with Crippen molar-refractivity contribution in [1.82, 2.24) is 14.1 Å². The van der Waals surface area contributed by atoms with Crippen LogP contribution in [0.4, 0.5) is 5.82 Å². The molecular weight excluding hydrogens is 356 g/mol. The molecule has 1 amide bonds. The van der Waals surface area contributed by atoms with Crippen LogP contribution in [-0.4, -0.2) is 48.1 Å². The molecule has 1 atom stereocenters. The number of hydrogen-bond donors (Lipinski definition) is 1. The van der Waals surface area contributed by atoms with E-state index in [-0.39, 0.29) is 10.8 Å². The number of nitrogens with zero attached hydrogens (tertiary/aromatic N) is 3. The number of amides is 1. The number of sulfonamides is 1. The number of nitrogens with one attached hydrogen (secondary N) is 1. The number of rotatable bonds is 5. The van der Waals surface area contributed by atoms with Crippen LogP contribution in [0, 0.1) is 6.92 Å². The first-order valence-corrected chi connectivity index (χ1v) is 9.74. The molecule has 0 aliphatic carbocycles. The fourth-order valence-electron chi connectivity index (χ4n) is 3.11. The highest BCUT2D eigenvalue weighted by Gasteiger charge is 2.39. The number of aryl methyl sites for hydroxylation is 2. The molecule has 2 aromatic rings. The van der Waals surface area contributed by atoms with Crippen LogP contribution in [0.25, 0.3) is 0 Å². The Labute approximate surface area is 152 Å². The molecule has 9 heteroatoms. The van der Waals surface area contributed by atoms with Crippen molar-refractivity contribution in [2.75, 3.05) is 19.0 Å². The average molecular weight is 378 g/mol. The first-order valence-electron chi connectivity index (χ1n) is 8.30. The molecule has 0 saturated carbocycles. The van der Waals surface area contributed by atoms with E-state index in [9.17, 15) is 13.2 Å². The smallest absolute Gasteiger partial charge is 0.243 e. The zero-order valence-electron chi connectivity index (χ0n) is 15.0. The van der Waals surface area contributed by atoms with Crippen LogP contribution < -0.4 is 10.1 Å². The van der Waals surface area contributed by atoms with Gasteiger partial charge in [0, 0.05) is 19.7 Å². The summed E-state index contributed by atoms with van der Waals surface area (Å²) < 4.78 is 33.8. The topological polar surface area (TPSA) is 93.5 Å². The predicted molar refractivity (Wildman–Crippen MR) is 96.5 cm³/mol. The van der Waals surface area contributed by atoms with Gasteiger partial charge < -0.3 is 10.1 Å². The van der Waals surface area contributed by atoms with E-state index < -0.39 is 16.1 Å². The van der Waals surface area contributed by atoms with Gasteiger partial charge in [-0.3, -0.25) is 9.48 Å². The number of carbonyl (C=O) groups is 1. The number of aromatic nitrogens is 2. The van der Waals surface area contributed by atoms with Gasteiger partial charge >= 0.3 is 0 Å². The van der Waals surface area contributed by atoms with Gasteiger partial charge in [0.1, 0.15) is 17.6 Å². The minimum absolute atomic E-state index is 0.148. The molecule has 1 fully saturated rings. The first-order chi connectivity index (χ1) is 12.3. The van der Waals surface area contributed by atoms with Gasteiger partial charge in [-0.25, -0.2) is 8.42 Å². The third kappa shape index (κ3) is 3.45. The minimum Gasteiger partial charge on any atom is -0.497 e. The maximum absolute atomic E-state index is 13.0. The van der Waals surface area contributed by atoms with Gasteiger partial charge in [0.15, 0.2) is 0 Å². The van der Waals surface area contributed by atoms with Crippen molar-refractivity contribution in [1.29, 1.82) is 0 Å². The highest BCUT2D eigenvalue weighted by atomic mass is 32.2. The van der Waals surface area contributed by atoms with Crippen LogP contribution in [0.2, 0.25) is 0 Å². The van der Waals surface area contributed by atoms with Crippen LogP contribution in [0.1, 0.15) is 18.5 Å². The van der Waals surface area contributed by atoms with Crippen molar-refractivity contribution < 1.29 is 17.9 Å². The van der Waals surface area contributed by atoms with Crippen LogP contribution in [0.15, 0.2) is 35.2 Å². The van der Waals surface area contributed by atoms with Crippen molar-refractivity contribution >= 4 is 21.7 Å². The molecule has 8 nitrogen and oxygen atoms in total. The third-order valence-corrected chi connectivity index (χ3v) is 6.35. The summed E-state index contributed by atoms with van der Waals surface area (Å²) in [5.41, 5.74) is 0.775. The van der Waals surface area contributed by atoms with Crippen LogP contribution in [0.5, 0.6) is 5.75 Å². The Morgan fingerprint density at radius 2 is 2.00 bits per heavy atom. The normalized spacial score (nSPS) is 18.0. The van der Waals surface area contributed by atoms with Gasteiger partial charge in [0.05, 0.1) is 17.7 Å². The molecule has 0 spiro atoms. The van der Waals surface area contributed by atoms with Crippen LogP contribution >= 0.6 is 0 Å². The Balaban J connectivity index is 1.82. The monoisotopic (exact) mass is 378 g/mol. The van der Waals surface area contributed by atoms with Gasteiger partial charge in [-0.15, -0.1) is 0 Å². The summed E-state index contributed by atoms with van der Waals surface area (Å²) in [6.07, 6.45) is 1.12. The quantitative estimate of drug-likeness (QED) is 0.852. The number of hydrogen-bond acceptors (Lipinski definition) is 5. The van der Waals surface area contributed by atoms with E-state index in [2.05, 4.69) is 10.4 Å². The van der Waals surface area contributed by atoms with E-state index in [1.165, 1.54) is 23.5 Å². The Morgan fingerprint density at radius 3 is 2.58 bits per heavy atom. The van der Waals surface area contributed by atoms with Crippen molar-refractivity contribution in [2.24, 2.45) is 7.05 Å². The molecule has 1 aliphatic heterocycles. The number of ether oxygens (including phenoxy) is 1. The first kappa shape index (κ1) is 18.4. The second-order valence-corrected chi connectivity index (χ2v) is 8.12. The molecule has 2 heterocycles. The zero-order chi connectivity index (χ0) is 18.9. The van der Waals surface area contributed by atoms with Crippen molar-refractivity contribution in [3.63, 3.8) is 0 Å². The summed E-state index contributed by atoms with van der Waals surface area (Å²) >= 11 is 0. The lowest BCUT2D eigenvalue weighted by molar-refractivity contribution is -0.119. The van der Waals surface area contributed by atoms with E-state index >= 15 is 0 Å². The molecule has 1 unspecified atom stereocenters. The minimum atomic E-state index is -3.76. The zero-order valence-corrected chi connectivity index (χ0v) is 15.8. The van der Waals surface area contributed by atoms with E-state index in [0.717, 1.165) is 5.69 Å². The molecular formula is C17H22N4O4S. The standard InChI is InChI=1S/C17H22N4O4S/c1-12-11-16(20(2)19-12)18-17(22)15-5-4-10-21(15)26(23,24)14-8-6-13(25-3)7-9-14/h6-9,11,15H,4-5,10H2,1-3H3,(H,18,22). The fourth-order valence-corrected chi connectivity index (χ4v) is 4.77. The van der Waals surface area contributed by atoms with Crippen molar-refractivity contribution in [3.8, 4) is 5.75 Å². The molecule has 1 N–H and O–H groups in total. The lowest BCUT2D eigenvalue weighted by Crippen LogP contribution is -2.43. The molecule has 0 bridgehead atoms. The van der Waals surface area contributed by atoms with Gasteiger partial charge in [-0.2, -0.15) is 9.40 Å². The Hall–Kier alpha value is -2.39. The summed E-state index contributed by atoms with van der Waals surface area (Å²) in [5, 5.41) is 6.96. The number of anilines is 1. The van der Waals surface area contributed by atoms with Crippen LogP contribution in [0.3, 0.4) is 0 Å². The summed E-state index contributed by atoms with van der Waals surface area (Å²) in [6, 6.07) is 7.18. The lowest BCUT2D eigenvalue weighted by atomic mass is 10.2. The van der Waals surface area contributed by atoms with E-state index in [0.29, 0.717) is 31.0 Å². The van der Waals surface area contributed by atoms with E-state index in [1.807, 2.05) is 6.92 Å². The van der Waals surface area contributed by atoms with Crippen molar-refractivity contribution in [3.05, 3.63) is 36.0 Å². The molecule has 1 aromatic heterocycles. The number of methoxy groups -OCH3 is 1. The highest BCUT2D eigenvalue weighted by Crippen LogP contribution is 2.28. The molecule has 1 aromatic carbocycles. The number of carbonyl (C=O) groups excluding carboxylic acids is 1. The maximum Gasteiger partial charge on any atom is 0.243 e. The third-order valence-electron chi connectivity index (χ3n) is 4.43. The molecule has 1 saturated heterocycles. The van der Waals surface area contributed by atoms with Gasteiger partial charge in [-0.1, -0.05) is 0 Å². The second-order valence-electron chi connectivity index (χ2n) is 6.23. The van der Waals surface area contributed by atoms with Crippen LogP contribution in [-0.2, 0) is 21.9 Å². The van der Waals surface area contributed by atoms with Gasteiger partial charge in [0.25, 0.3) is 0 Å². The lowest BCUT2D eigenvalue weighted by Gasteiger charge is -2.23. The summed E-state index contributed by atoms with van der Waals surface area (Å²) in [4.78, 5) is 12.8. The number of benzene rings is 1. The molecule has 1 aliphatic rings. The van der Waals surface area contributed by atoms with E-state index in [4.69, 9.17) is 4.74 Å². The Bertz CT molecular complexity index is 905.